The van der Waals surface area contributed by atoms with Crippen LogP contribution in [0.15, 0.2) is 6.20 Å². The summed E-state index contributed by atoms with van der Waals surface area (Å²) in [4.78, 5) is 23.3. The second-order valence-electron chi connectivity index (χ2n) is 2.81. The van der Waals surface area contributed by atoms with Gasteiger partial charge >= 0.3 is 12.0 Å². The van der Waals surface area contributed by atoms with Crippen molar-refractivity contribution in [3.8, 4) is 11.5 Å². The largest absolute Gasteiger partial charge is 0.573 e. The van der Waals surface area contributed by atoms with E-state index in [1.165, 1.54) is 0 Å². The molecule has 0 atom stereocenters. The molecule has 0 amide bonds. The van der Waals surface area contributed by atoms with E-state index in [-0.39, 0.29) is 6.29 Å². The normalized spacial score (nSPS) is 10.9. The van der Waals surface area contributed by atoms with E-state index in [0.717, 1.165) is 7.11 Å². The quantitative estimate of drug-likeness (QED) is 0.468. The lowest BCUT2D eigenvalue weighted by molar-refractivity contribution is -0.386. The molecular weight excluding hydrogens is 261 g/mol. The van der Waals surface area contributed by atoms with Gasteiger partial charge in [0.25, 0.3) is 0 Å². The number of hydrogen-bond acceptors (Lipinski definition) is 6. The topological polar surface area (TPSA) is 91.6 Å². The molecule has 0 N–H and O–H groups in total. The number of rotatable bonds is 4. The van der Waals surface area contributed by atoms with Crippen LogP contribution < -0.4 is 9.47 Å². The highest BCUT2D eigenvalue weighted by Crippen LogP contribution is 2.39. The molecule has 0 aliphatic heterocycles. The molecule has 0 saturated heterocycles. The molecule has 0 unspecified atom stereocenters. The van der Waals surface area contributed by atoms with Gasteiger partial charge in [-0.3, -0.25) is 14.9 Å². The Balaban J connectivity index is 3.42. The van der Waals surface area contributed by atoms with E-state index in [1.807, 2.05) is 0 Å². The predicted molar refractivity (Wildman–Crippen MR) is 49.5 cm³/mol. The molecule has 1 aromatic heterocycles. The lowest BCUT2D eigenvalue weighted by atomic mass is 10.3. The molecule has 0 aliphatic rings. The minimum absolute atomic E-state index is 0.0258. The lowest BCUT2D eigenvalue weighted by Crippen LogP contribution is -2.18. The first-order valence-corrected chi connectivity index (χ1v) is 4.22. The fourth-order valence-electron chi connectivity index (χ4n) is 1.14. The molecule has 18 heavy (non-hydrogen) atoms. The molecule has 1 aromatic rings. The van der Waals surface area contributed by atoms with Crippen molar-refractivity contribution in [2.75, 3.05) is 7.11 Å². The van der Waals surface area contributed by atoms with Gasteiger partial charge in [-0.05, 0) is 0 Å². The summed E-state index contributed by atoms with van der Waals surface area (Å²) in [6.45, 7) is 0. The molecule has 0 bridgehead atoms. The molecule has 0 fully saturated rings. The maximum absolute atomic E-state index is 12.0. The van der Waals surface area contributed by atoms with Gasteiger partial charge in [0.15, 0.2) is 17.7 Å². The summed E-state index contributed by atoms with van der Waals surface area (Å²) in [6, 6.07) is 0. The van der Waals surface area contributed by atoms with E-state index in [1.54, 1.807) is 0 Å². The van der Waals surface area contributed by atoms with Crippen LogP contribution in [0.5, 0.6) is 11.5 Å². The highest BCUT2D eigenvalue weighted by molar-refractivity contribution is 5.82. The van der Waals surface area contributed by atoms with Crippen LogP contribution >= 0.6 is 0 Å². The first-order valence-electron chi connectivity index (χ1n) is 4.22. The summed E-state index contributed by atoms with van der Waals surface area (Å²) >= 11 is 0. The third kappa shape index (κ3) is 2.84. The summed E-state index contributed by atoms with van der Waals surface area (Å²) in [6.07, 6.45) is -4.52. The maximum Gasteiger partial charge on any atom is 0.573 e. The van der Waals surface area contributed by atoms with Gasteiger partial charge < -0.3 is 9.47 Å². The van der Waals surface area contributed by atoms with Crippen molar-refractivity contribution in [1.82, 2.24) is 4.98 Å². The molecule has 7 nitrogen and oxygen atoms in total. The zero-order chi connectivity index (χ0) is 13.9. The fraction of sp³-hybridized carbons (Fsp3) is 0.250. The number of aldehydes is 1. The number of ether oxygens (including phenoxy) is 2. The lowest BCUT2D eigenvalue weighted by Gasteiger charge is -2.12. The number of alkyl halides is 3. The molecule has 1 heterocycles. The first-order chi connectivity index (χ1) is 8.30. The summed E-state index contributed by atoms with van der Waals surface area (Å²) < 4.78 is 44.1. The van der Waals surface area contributed by atoms with Gasteiger partial charge in [-0.1, -0.05) is 0 Å². The summed E-state index contributed by atoms with van der Waals surface area (Å²) in [5.41, 5.74) is -1.65. The SMILES string of the molecule is COc1c(OC(F)(F)F)cnc(C=O)c1[N+](=O)[O-]. The number of carbonyl (C=O) groups is 1. The van der Waals surface area contributed by atoms with Gasteiger partial charge in [-0.25, -0.2) is 4.98 Å². The molecule has 1 rings (SSSR count). The molecule has 0 radical (unpaired) electrons. The Kier molecular flexibility index (Phi) is 3.69. The van der Waals surface area contributed by atoms with Crippen LogP contribution in [0, 0.1) is 10.1 Å². The Morgan fingerprint density at radius 3 is 2.50 bits per heavy atom. The zero-order valence-electron chi connectivity index (χ0n) is 8.72. The molecular formula is C8H5F3N2O5. The predicted octanol–water partition coefficient (Wildman–Crippen LogP) is 1.71. The number of carbonyl (C=O) groups excluding carboxylic acids is 1. The number of halogens is 3. The summed E-state index contributed by atoms with van der Waals surface area (Å²) in [5, 5.41) is 10.7. The summed E-state index contributed by atoms with van der Waals surface area (Å²) in [5.74, 6) is -1.82. The van der Waals surface area contributed by atoms with E-state index < -0.39 is 34.2 Å². The van der Waals surface area contributed by atoms with Gasteiger partial charge in [0.05, 0.1) is 18.2 Å². The summed E-state index contributed by atoms with van der Waals surface area (Å²) in [7, 11) is 0.903. The minimum atomic E-state index is -5.06. The van der Waals surface area contributed by atoms with E-state index >= 15 is 0 Å². The van der Waals surface area contributed by atoms with Crippen LogP contribution in [0.2, 0.25) is 0 Å². The highest BCUT2D eigenvalue weighted by atomic mass is 19.4. The van der Waals surface area contributed by atoms with E-state index in [2.05, 4.69) is 14.5 Å². The van der Waals surface area contributed by atoms with E-state index in [9.17, 15) is 28.1 Å². The van der Waals surface area contributed by atoms with Crippen molar-refractivity contribution in [1.29, 1.82) is 0 Å². The average Bonchev–Trinajstić information content (AvgIpc) is 2.26. The molecule has 0 aliphatic carbocycles. The van der Waals surface area contributed by atoms with Crippen LogP contribution in [-0.2, 0) is 0 Å². The van der Waals surface area contributed by atoms with Crippen molar-refractivity contribution in [3.05, 3.63) is 22.0 Å². The first kappa shape index (κ1) is 13.7. The molecule has 0 spiro atoms. The van der Waals surface area contributed by atoms with Crippen molar-refractivity contribution >= 4 is 12.0 Å². The van der Waals surface area contributed by atoms with Crippen LogP contribution in [0.1, 0.15) is 10.5 Å². The van der Waals surface area contributed by atoms with Gasteiger partial charge in [0.2, 0.25) is 5.75 Å². The van der Waals surface area contributed by atoms with Crippen molar-refractivity contribution in [2.45, 2.75) is 6.36 Å². The van der Waals surface area contributed by atoms with Crippen molar-refractivity contribution in [2.24, 2.45) is 0 Å². The third-order valence-electron chi connectivity index (χ3n) is 1.73. The molecule has 0 aromatic carbocycles. The van der Waals surface area contributed by atoms with Crippen LogP contribution in [0.25, 0.3) is 0 Å². The molecule has 0 saturated carbocycles. The van der Waals surface area contributed by atoms with Crippen LogP contribution in [-0.4, -0.2) is 29.7 Å². The maximum atomic E-state index is 12.0. The van der Waals surface area contributed by atoms with E-state index in [4.69, 9.17) is 0 Å². The second kappa shape index (κ2) is 4.85. The number of hydrogen-bond donors (Lipinski definition) is 0. The fourth-order valence-corrected chi connectivity index (χ4v) is 1.14. The second-order valence-corrected chi connectivity index (χ2v) is 2.81. The van der Waals surface area contributed by atoms with Gasteiger partial charge in [0.1, 0.15) is 0 Å². The standard InChI is InChI=1S/C8H5F3N2O5/c1-17-7-5(18-8(9,10)11)2-12-4(3-14)6(7)13(15)16/h2-3H,1H3. The molecule has 98 valence electrons. The number of pyridine rings is 1. The smallest absolute Gasteiger partial charge is 0.487 e. The van der Waals surface area contributed by atoms with Crippen molar-refractivity contribution < 1.29 is 32.4 Å². The molecule has 10 heteroatoms. The zero-order valence-corrected chi connectivity index (χ0v) is 8.72. The monoisotopic (exact) mass is 266 g/mol. The number of methoxy groups -OCH3 is 1. The van der Waals surface area contributed by atoms with E-state index in [0.29, 0.717) is 6.20 Å². The van der Waals surface area contributed by atoms with Crippen LogP contribution in [0.4, 0.5) is 18.9 Å². The Bertz CT molecular complexity index is 488. The van der Waals surface area contributed by atoms with Gasteiger partial charge in [0, 0.05) is 0 Å². The number of aromatic nitrogens is 1. The van der Waals surface area contributed by atoms with Gasteiger partial charge in [-0.15, -0.1) is 13.2 Å². The third-order valence-corrected chi connectivity index (χ3v) is 1.73. The average molecular weight is 266 g/mol. The van der Waals surface area contributed by atoms with Crippen molar-refractivity contribution in [3.63, 3.8) is 0 Å². The number of nitro groups is 1. The Labute approximate surface area is 97.3 Å². The Morgan fingerprint density at radius 2 is 2.11 bits per heavy atom. The highest BCUT2D eigenvalue weighted by Gasteiger charge is 2.36. The Hall–Kier alpha value is -2.39. The number of nitrogens with zero attached hydrogens (tertiary/aromatic N) is 2. The Morgan fingerprint density at radius 1 is 1.50 bits per heavy atom. The van der Waals surface area contributed by atoms with Crippen LogP contribution in [0.3, 0.4) is 0 Å². The van der Waals surface area contributed by atoms with Gasteiger partial charge in [-0.2, -0.15) is 0 Å². The minimum Gasteiger partial charge on any atom is -0.487 e.